The van der Waals surface area contributed by atoms with E-state index >= 15 is 0 Å². The third-order valence-electron chi connectivity index (χ3n) is 6.93. The Balaban J connectivity index is 1.88. The van der Waals surface area contributed by atoms with Gasteiger partial charge in [-0.3, -0.25) is 4.48 Å². The lowest BCUT2D eigenvalue weighted by Gasteiger charge is -2.32. The molecule has 0 aromatic carbocycles. The first-order valence-corrected chi connectivity index (χ1v) is 13.4. The molecule has 1 heterocycles. The van der Waals surface area contributed by atoms with E-state index in [-0.39, 0.29) is 6.61 Å². The van der Waals surface area contributed by atoms with Crippen LogP contribution in [0.15, 0.2) is 17.1 Å². The summed E-state index contributed by atoms with van der Waals surface area (Å²) >= 11 is 0. The van der Waals surface area contributed by atoms with Crippen molar-refractivity contribution in [2.45, 2.75) is 123 Å². The Labute approximate surface area is 188 Å². The van der Waals surface area contributed by atoms with Crippen LogP contribution in [-0.2, 0) is 0 Å². The number of allylic oxidation sites excluding steroid dienone is 2. The number of likely N-dealkylation sites (N-methyl/N-ethyl adjacent to an activating group) is 1. The molecule has 1 N–H and O–H groups in total. The summed E-state index contributed by atoms with van der Waals surface area (Å²) in [5, 5.41) is 9.38. The molecule has 0 spiro atoms. The minimum Gasteiger partial charge on any atom is -0.390 e. The standard InChI is InChI=1S/C27H53N2O/c1-3-5-6-7-8-9-10-11-12-13-14-15-16-17-18-19-20-21-22-27-28-23-24-29(27,4-2)25-26-30/h19-20,30H,3-18,21-26H2,1-2H3/q+1/b20-19+. The van der Waals surface area contributed by atoms with Gasteiger partial charge in [-0.2, -0.15) is 0 Å². The topological polar surface area (TPSA) is 32.6 Å². The van der Waals surface area contributed by atoms with Gasteiger partial charge in [0.25, 0.3) is 0 Å². The normalized spacial score (nSPS) is 19.1. The van der Waals surface area contributed by atoms with Gasteiger partial charge in [0.2, 0.25) is 0 Å². The van der Waals surface area contributed by atoms with E-state index in [0.717, 1.165) is 43.5 Å². The molecule has 0 aromatic rings. The minimum atomic E-state index is 0.266. The zero-order valence-corrected chi connectivity index (χ0v) is 20.6. The van der Waals surface area contributed by atoms with Crippen LogP contribution in [0.25, 0.3) is 0 Å². The quantitative estimate of drug-likeness (QED) is 0.117. The van der Waals surface area contributed by atoms with Gasteiger partial charge in [-0.05, 0) is 26.2 Å². The van der Waals surface area contributed by atoms with Crippen LogP contribution in [0.1, 0.15) is 123 Å². The SMILES string of the molecule is CCCCCCCCCCCCCCCC/C=C/CCC1=NCC[N+]1(CC)CCO. The maximum absolute atomic E-state index is 9.38. The van der Waals surface area contributed by atoms with Crippen molar-refractivity contribution < 1.29 is 9.59 Å². The average molecular weight is 422 g/mol. The van der Waals surface area contributed by atoms with E-state index < -0.39 is 0 Å². The second-order valence-corrected chi connectivity index (χ2v) is 9.33. The number of unbranched alkanes of at least 4 members (excludes halogenated alkanes) is 14. The molecule has 0 aromatic heterocycles. The van der Waals surface area contributed by atoms with Gasteiger partial charge < -0.3 is 5.11 Å². The van der Waals surface area contributed by atoms with Gasteiger partial charge in [0, 0.05) is 6.42 Å². The molecule has 0 saturated heterocycles. The van der Waals surface area contributed by atoms with E-state index in [9.17, 15) is 5.11 Å². The number of amidine groups is 1. The molecular weight excluding hydrogens is 368 g/mol. The Morgan fingerprint density at radius 1 is 0.767 bits per heavy atom. The summed E-state index contributed by atoms with van der Waals surface area (Å²) in [4.78, 5) is 4.74. The van der Waals surface area contributed by atoms with Crippen molar-refractivity contribution in [1.82, 2.24) is 0 Å². The number of nitrogens with zero attached hydrogens (tertiary/aromatic N) is 2. The van der Waals surface area contributed by atoms with Crippen LogP contribution in [-0.4, -0.2) is 48.2 Å². The summed E-state index contributed by atoms with van der Waals surface area (Å²) < 4.78 is 0.920. The zero-order valence-electron chi connectivity index (χ0n) is 20.6. The van der Waals surface area contributed by atoms with E-state index in [1.54, 1.807) is 0 Å². The number of rotatable bonds is 21. The number of hydrogen-bond acceptors (Lipinski definition) is 2. The van der Waals surface area contributed by atoms with Gasteiger partial charge in [0.15, 0.2) is 5.84 Å². The van der Waals surface area contributed by atoms with Crippen molar-refractivity contribution in [2.75, 3.05) is 32.8 Å². The molecule has 0 fully saturated rings. The van der Waals surface area contributed by atoms with Crippen molar-refractivity contribution in [3.05, 3.63) is 12.2 Å². The molecule has 0 radical (unpaired) electrons. The van der Waals surface area contributed by atoms with Crippen LogP contribution < -0.4 is 0 Å². The highest BCUT2D eigenvalue weighted by Gasteiger charge is 2.35. The Hall–Kier alpha value is -0.670. The maximum atomic E-state index is 9.38. The molecule has 30 heavy (non-hydrogen) atoms. The molecule has 1 aliphatic rings. The Kier molecular flexibility index (Phi) is 17.4. The number of hydrogen-bond donors (Lipinski definition) is 1. The van der Waals surface area contributed by atoms with Gasteiger partial charge >= 0.3 is 0 Å². The van der Waals surface area contributed by atoms with Gasteiger partial charge in [0.1, 0.15) is 13.1 Å². The first-order valence-electron chi connectivity index (χ1n) is 13.4. The molecule has 1 atom stereocenters. The first-order chi connectivity index (χ1) is 14.8. The summed E-state index contributed by atoms with van der Waals surface area (Å²) in [6.07, 6.45) is 28.1. The van der Waals surface area contributed by atoms with Crippen LogP contribution in [0.2, 0.25) is 0 Å². The fraction of sp³-hybridized carbons (Fsp3) is 0.889. The van der Waals surface area contributed by atoms with Crippen LogP contribution in [0.3, 0.4) is 0 Å². The summed E-state index contributed by atoms with van der Waals surface area (Å²) in [5.41, 5.74) is 0. The lowest BCUT2D eigenvalue weighted by molar-refractivity contribution is -0.835. The lowest BCUT2D eigenvalue weighted by atomic mass is 10.0. The predicted molar refractivity (Wildman–Crippen MR) is 133 cm³/mol. The smallest absolute Gasteiger partial charge is 0.198 e. The second kappa shape index (κ2) is 19.0. The summed E-state index contributed by atoms with van der Waals surface area (Å²) in [7, 11) is 0. The summed E-state index contributed by atoms with van der Waals surface area (Å²) in [6.45, 7) is 8.69. The monoisotopic (exact) mass is 421 g/mol. The minimum absolute atomic E-state index is 0.266. The highest BCUT2D eigenvalue weighted by Crippen LogP contribution is 2.19. The van der Waals surface area contributed by atoms with Gasteiger partial charge in [-0.15, -0.1) is 0 Å². The van der Waals surface area contributed by atoms with Gasteiger partial charge in [-0.25, -0.2) is 4.99 Å². The molecule has 3 nitrogen and oxygen atoms in total. The van der Waals surface area contributed by atoms with Crippen LogP contribution in [0, 0.1) is 0 Å². The fourth-order valence-corrected chi connectivity index (χ4v) is 4.80. The third kappa shape index (κ3) is 12.2. The van der Waals surface area contributed by atoms with Crippen LogP contribution in [0.4, 0.5) is 0 Å². The fourth-order valence-electron chi connectivity index (χ4n) is 4.80. The maximum Gasteiger partial charge on any atom is 0.198 e. The zero-order chi connectivity index (χ0) is 21.8. The lowest BCUT2D eigenvalue weighted by Crippen LogP contribution is -2.52. The largest absolute Gasteiger partial charge is 0.390 e. The van der Waals surface area contributed by atoms with Gasteiger partial charge in [-0.1, -0.05) is 103 Å². The van der Waals surface area contributed by atoms with Crippen molar-refractivity contribution in [3.63, 3.8) is 0 Å². The second-order valence-electron chi connectivity index (χ2n) is 9.33. The van der Waals surface area contributed by atoms with E-state index in [1.165, 1.54) is 102 Å². The molecule has 0 saturated carbocycles. The summed E-state index contributed by atoms with van der Waals surface area (Å²) in [6, 6.07) is 0. The highest BCUT2D eigenvalue weighted by molar-refractivity contribution is 5.77. The number of aliphatic hydroxyl groups is 1. The predicted octanol–water partition coefficient (Wildman–Crippen LogP) is 7.44. The van der Waals surface area contributed by atoms with E-state index in [2.05, 4.69) is 26.0 Å². The molecule has 1 aliphatic heterocycles. The van der Waals surface area contributed by atoms with Crippen molar-refractivity contribution in [2.24, 2.45) is 4.99 Å². The summed E-state index contributed by atoms with van der Waals surface area (Å²) in [5.74, 6) is 1.31. The van der Waals surface area contributed by atoms with E-state index in [1.807, 2.05) is 0 Å². The van der Waals surface area contributed by atoms with Crippen LogP contribution >= 0.6 is 0 Å². The molecule has 176 valence electrons. The Morgan fingerprint density at radius 3 is 1.83 bits per heavy atom. The highest BCUT2D eigenvalue weighted by atomic mass is 16.3. The van der Waals surface area contributed by atoms with Crippen LogP contribution in [0.5, 0.6) is 0 Å². The molecular formula is C27H53N2O+. The van der Waals surface area contributed by atoms with Gasteiger partial charge in [0.05, 0.1) is 19.7 Å². The number of aliphatic imine (C=N–C) groups is 1. The Morgan fingerprint density at radius 2 is 1.30 bits per heavy atom. The Bertz CT molecular complexity index is 446. The number of aliphatic hydroxyl groups excluding tert-OH is 1. The van der Waals surface area contributed by atoms with E-state index in [4.69, 9.17) is 4.99 Å². The molecule has 0 amide bonds. The third-order valence-corrected chi connectivity index (χ3v) is 6.93. The molecule has 0 aliphatic carbocycles. The molecule has 1 rings (SSSR count). The number of quaternary nitrogens is 1. The first kappa shape index (κ1) is 27.4. The van der Waals surface area contributed by atoms with Crippen molar-refractivity contribution >= 4 is 5.84 Å². The molecule has 3 heteroatoms. The van der Waals surface area contributed by atoms with E-state index in [0.29, 0.717) is 0 Å². The molecule has 0 bridgehead atoms. The molecule has 1 unspecified atom stereocenters. The van der Waals surface area contributed by atoms with Crippen molar-refractivity contribution in [1.29, 1.82) is 0 Å². The van der Waals surface area contributed by atoms with Crippen molar-refractivity contribution in [3.8, 4) is 0 Å². The average Bonchev–Trinajstić information content (AvgIpc) is 3.16.